The van der Waals surface area contributed by atoms with E-state index in [2.05, 4.69) is 9.72 Å². The van der Waals surface area contributed by atoms with Gasteiger partial charge in [0.1, 0.15) is 5.75 Å². The smallest absolute Gasteiger partial charge is 0.405 e. The Labute approximate surface area is 141 Å². The Morgan fingerprint density at radius 3 is 2.71 bits per heavy atom. The number of benzene rings is 1. The normalized spacial score (nSPS) is 11.7. The molecule has 24 heavy (non-hydrogen) atoms. The third kappa shape index (κ3) is 5.38. The van der Waals surface area contributed by atoms with Crippen molar-refractivity contribution in [1.82, 2.24) is 9.88 Å². The molecule has 0 spiro atoms. The first-order valence-electron chi connectivity index (χ1n) is 6.93. The number of nitrogens with zero attached hydrogens (tertiary/aromatic N) is 2. The SMILES string of the molecule is Cc1nc(/C=C/C(=O)N(C)Cc2ccccc2OC(F)(F)F)cs1. The van der Waals surface area contributed by atoms with Crippen molar-refractivity contribution < 1.29 is 22.7 Å². The van der Waals surface area contributed by atoms with Gasteiger partial charge in [-0.3, -0.25) is 4.79 Å². The number of alkyl halides is 3. The van der Waals surface area contributed by atoms with Crippen molar-refractivity contribution in [3.63, 3.8) is 0 Å². The maximum atomic E-state index is 12.4. The summed E-state index contributed by atoms with van der Waals surface area (Å²) >= 11 is 1.46. The third-order valence-corrected chi connectivity index (χ3v) is 3.81. The highest BCUT2D eigenvalue weighted by Crippen LogP contribution is 2.27. The zero-order valence-corrected chi connectivity index (χ0v) is 13.8. The topological polar surface area (TPSA) is 42.4 Å². The van der Waals surface area contributed by atoms with Crippen LogP contribution in [-0.4, -0.2) is 29.2 Å². The number of carbonyl (C=O) groups is 1. The van der Waals surface area contributed by atoms with Gasteiger partial charge in [0.05, 0.1) is 10.7 Å². The molecule has 0 aliphatic rings. The molecule has 0 saturated carbocycles. The van der Waals surface area contributed by atoms with Gasteiger partial charge in [-0.05, 0) is 19.1 Å². The Hall–Kier alpha value is -2.35. The average molecular weight is 356 g/mol. The van der Waals surface area contributed by atoms with Crippen LogP contribution < -0.4 is 4.74 Å². The van der Waals surface area contributed by atoms with E-state index in [1.54, 1.807) is 12.1 Å². The molecule has 2 rings (SSSR count). The standard InChI is InChI=1S/C16H15F3N2O2S/c1-11-20-13(10-24-11)7-8-15(22)21(2)9-12-5-3-4-6-14(12)23-16(17,18)19/h3-8,10H,9H2,1-2H3/b8-7+. The van der Waals surface area contributed by atoms with Crippen LogP contribution in [0.15, 0.2) is 35.7 Å². The van der Waals surface area contributed by atoms with Gasteiger partial charge in [0.2, 0.25) is 5.91 Å². The van der Waals surface area contributed by atoms with Gasteiger partial charge in [0.15, 0.2) is 0 Å². The van der Waals surface area contributed by atoms with Crippen molar-refractivity contribution in [3.8, 4) is 5.75 Å². The number of ether oxygens (including phenoxy) is 1. The number of para-hydroxylation sites is 1. The second kappa shape index (κ2) is 7.48. The van der Waals surface area contributed by atoms with Gasteiger partial charge in [0, 0.05) is 30.6 Å². The van der Waals surface area contributed by atoms with E-state index in [0.29, 0.717) is 5.69 Å². The second-order valence-electron chi connectivity index (χ2n) is 4.97. The van der Waals surface area contributed by atoms with E-state index in [0.717, 1.165) is 5.01 Å². The summed E-state index contributed by atoms with van der Waals surface area (Å²) in [5, 5.41) is 2.69. The fraction of sp³-hybridized carbons (Fsp3) is 0.250. The van der Waals surface area contributed by atoms with E-state index in [4.69, 9.17) is 0 Å². The molecule has 1 amide bonds. The number of likely N-dealkylation sites (N-methyl/N-ethyl adjacent to an activating group) is 1. The maximum absolute atomic E-state index is 12.4. The molecule has 0 aliphatic carbocycles. The lowest BCUT2D eigenvalue weighted by Crippen LogP contribution is -2.25. The number of carbonyl (C=O) groups excluding carboxylic acids is 1. The number of hydrogen-bond donors (Lipinski definition) is 0. The zero-order chi connectivity index (χ0) is 17.7. The fourth-order valence-electron chi connectivity index (χ4n) is 1.93. The van der Waals surface area contributed by atoms with Crippen LogP contribution in [0.3, 0.4) is 0 Å². The van der Waals surface area contributed by atoms with Crippen LogP contribution in [0.5, 0.6) is 5.75 Å². The van der Waals surface area contributed by atoms with Crippen LogP contribution in [0.1, 0.15) is 16.3 Å². The lowest BCUT2D eigenvalue weighted by Gasteiger charge is -2.18. The summed E-state index contributed by atoms with van der Waals surface area (Å²) < 4.78 is 41.2. The molecule has 1 aromatic carbocycles. The monoisotopic (exact) mass is 356 g/mol. The van der Waals surface area contributed by atoms with Crippen molar-refractivity contribution >= 4 is 23.3 Å². The van der Waals surface area contributed by atoms with Crippen LogP contribution in [0.25, 0.3) is 6.08 Å². The first-order chi connectivity index (χ1) is 11.2. The largest absolute Gasteiger partial charge is 0.573 e. The molecule has 8 heteroatoms. The minimum atomic E-state index is -4.78. The number of thiazole rings is 1. The highest BCUT2D eigenvalue weighted by molar-refractivity contribution is 7.09. The Kier molecular flexibility index (Phi) is 5.61. The van der Waals surface area contributed by atoms with Gasteiger partial charge in [-0.1, -0.05) is 18.2 Å². The summed E-state index contributed by atoms with van der Waals surface area (Å²) in [5.41, 5.74) is 0.934. The molecular formula is C16H15F3N2O2S. The first kappa shape index (κ1) is 18.0. The molecule has 0 radical (unpaired) electrons. The summed E-state index contributed by atoms with van der Waals surface area (Å²) in [6.45, 7) is 1.85. The van der Waals surface area contributed by atoms with E-state index >= 15 is 0 Å². The van der Waals surface area contributed by atoms with Crippen LogP contribution >= 0.6 is 11.3 Å². The molecule has 2 aromatic rings. The van der Waals surface area contributed by atoms with E-state index in [-0.39, 0.29) is 23.8 Å². The van der Waals surface area contributed by atoms with Gasteiger partial charge in [-0.15, -0.1) is 24.5 Å². The molecule has 1 heterocycles. The zero-order valence-electron chi connectivity index (χ0n) is 13.0. The summed E-state index contributed by atoms with van der Waals surface area (Å²) in [5.74, 6) is -0.661. The highest BCUT2D eigenvalue weighted by Gasteiger charge is 2.32. The minimum absolute atomic E-state index is 0.00841. The molecule has 0 aliphatic heterocycles. The number of rotatable bonds is 5. The van der Waals surface area contributed by atoms with Crippen molar-refractivity contribution in [2.24, 2.45) is 0 Å². The minimum Gasteiger partial charge on any atom is -0.405 e. The van der Waals surface area contributed by atoms with Gasteiger partial charge in [-0.2, -0.15) is 0 Å². The van der Waals surface area contributed by atoms with Crippen LogP contribution in [0, 0.1) is 6.92 Å². The lowest BCUT2D eigenvalue weighted by atomic mass is 10.2. The van der Waals surface area contributed by atoms with E-state index in [1.165, 1.54) is 47.6 Å². The Bertz CT molecular complexity index is 741. The van der Waals surface area contributed by atoms with Crippen molar-refractivity contribution in [2.75, 3.05) is 7.05 Å². The van der Waals surface area contributed by atoms with E-state index in [1.807, 2.05) is 12.3 Å². The molecule has 0 bridgehead atoms. The van der Waals surface area contributed by atoms with E-state index < -0.39 is 6.36 Å². The van der Waals surface area contributed by atoms with Crippen LogP contribution in [-0.2, 0) is 11.3 Å². The molecule has 0 saturated heterocycles. The molecule has 4 nitrogen and oxygen atoms in total. The first-order valence-corrected chi connectivity index (χ1v) is 7.81. The van der Waals surface area contributed by atoms with Gasteiger partial charge in [0.25, 0.3) is 0 Å². The number of aryl methyl sites for hydroxylation is 1. The summed E-state index contributed by atoms with van der Waals surface area (Å²) in [6.07, 6.45) is -1.87. The Morgan fingerprint density at radius 2 is 2.08 bits per heavy atom. The molecule has 0 unspecified atom stereocenters. The van der Waals surface area contributed by atoms with Crippen LogP contribution in [0.2, 0.25) is 0 Å². The molecule has 0 fully saturated rings. The van der Waals surface area contributed by atoms with Crippen molar-refractivity contribution in [1.29, 1.82) is 0 Å². The van der Waals surface area contributed by atoms with Crippen molar-refractivity contribution in [2.45, 2.75) is 19.8 Å². The number of halogens is 3. The molecule has 0 atom stereocenters. The summed E-state index contributed by atoms with van der Waals surface area (Å²) in [6, 6.07) is 5.73. The van der Waals surface area contributed by atoms with Crippen molar-refractivity contribution in [3.05, 3.63) is 52.0 Å². The number of amides is 1. The fourth-order valence-corrected chi connectivity index (χ4v) is 2.51. The number of aromatic nitrogens is 1. The van der Waals surface area contributed by atoms with Crippen LogP contribution in [0.4, 0.5) is 13.2 Å². The van der Waals surface area contributed by atoms with Gasteiger partial charge < -0.3 is 9.64 Å². The van der Waals surface area contributed by atoms with Gasteiger partial charge >= 0.3 is 6.36 Å². The van der Waals surface area contributed by atoms with Gasteiger partial charge in [-0.25, -0.2) is 4.98 Å². The molecule has 0 N–H and O–H groups in total. The summed E-state index contributed by atoms with van der Waals surface area (Å²) in [7, 11) is 1.50. The predicted octanol–water partition coefficient (Wildman–Crippen LogP) is 4.02. The maximum Gasteiger partial charge on any atom is 0.573 e. The lowest BCUT2D eigenvalue weighted by molar-refractivity contribution is -0.275. The Morgan fingerprint density at radius 1 is 1.38 bits per heavy atom. The Balaban J connectivity index is 2.05. The quantitative estimate of drug-likeness (QED) is 0.760. The predicted molar refractivity (Wildman–Crippen MR) is 85.5 cm³/mol. The number of hydrogen-bond acceptors (Lipinski definition) is 4. The average Bonchev–Trinajstić information content (AvgIpc) is 2.91. The molecule has 128 valence electrons. The summed E-state index contributed by atoms with van der Waals surface area (Å²) in [4.78, 5) is 17.6. The third-order valence-electron chi connectivity index (χ3n) is 3.02. The second-order valence-corrected chi connectivity index (χ2v) is 6.04. The highest BCUT2D eigenvalue weighted by atomic mass is 32.1. The molecule has 1 aromatic heterocycles. The molecular weight excluding hydrogens is 341 g/mol. The van der Waals surface area contributed by atoms with E-state index in [9.17, 15) is 18.0 Å².